The van der Waals surface area contributed by atoms with Gasteiger partial charge in [0.05, 0.1) is 5.92 Å². The number of hydrogen-bond donors (Lipinski definition) is 1. The van der Waals surface area contributed by atoms with Crippen LogP contribution in [0.25, 0.3) is 0 Å². The lowest BCUT2D eigenvalue weighted by Gasteiger charge is -2.11. The topological polar surface area (TPSA) is 46.5 Å². The van der Waals surface area contributed by atoms with E-state index in [2.05, 4.69) is 15.9 Å². The maximum absolute atomic E-state index is 10.7. The molecule has 0 aliphatic carbocycles. The van der Waals surface area contributed by atoms with Crippen molar-refractivity contribution in [2.75, 3.05) is 6.61 Å². The van der Waals surface area contributed by atoms with Crippen LogP contribution in [0.4, 0.5) is 0 Å². The van der Waals surface area contributed by atoms with Crippen LogP contribution in [-0.4, -0.2) is 17.7 Å². The fourth-order valence-corrected chi connectivity index (χ4v) is 1.50. The number of aliphatic carboxylic acids is 1. The average molecular weight is 273 g/mol. The first-order valence-electron chi connectivity index (χ1n) is 4.74. The van der Waals surface area contributed by atoms with Crippen LogP contribution in [0.5, 0.6) is 5.75 Å². The molecule has 1 N–H and O–H groups in total. The van der Waals surface area contributed by atoms with Crippen molar-refractivity contribution < 1.29 is 14.6 Å². The third kappa shape index (κ3) is 3.91. The zero-order valence-electron chi connectivity index (χ0n) is 8.44. The van der Waals surface area contributed by atoms with Gasteiger partial charge in [0, 0.05) is 4.47 Å². The Balaban J connectivity index is 2.52. The molecule has 15 heavy (non-hydrogen) atoms. The SMILES string of the molecule is CCC(COc1cccc(Br)c1)C(=O)O. The van der Waals surface area contributed by atoms with E-state index in [1.165, 1.54) is 0 Å². The molecule has 0 saturated carbocycles. The highest BCUT2D eigenvalue weighted by molar-refractivity contribution is 9.10. The maximum atomic E-state index is 10.7. The molecule has 0 amide bonds. The van der Waals surface area contributed by atoms with Crippen molar-refractivity contribution in [2.24, 2.45) is 5.92 Å². The molecule has 0 saturated heterocycles. The molecule has 0 aliphatic heterocycles. The molecule has 0 aliphatic rings. The van der Waals surface area contributed by atoms with Crippen LogP contribution in [0.1, 0.15) is 13.3 Å². The Labute approximate surface area is 97.2 Å². The van der Waals surface area contributed by atoms with Crippen molar-refractivity contribution in [3.8, 4) is 5.75 Å². The summed E-state index contributed by atoms with van der Waals surface area (Å²) >= 11 is 3.32. The van der Waals surface area contributed by atoms with E-state index in [4.69, 9.17) is 9.84 Å². The Morgan fingerprint density at radius 3 is 2.87 bits per heavy atom. The second kappa shape index (κ2) is 5.75. The monoisotopic (exact) mass is 272 g/mol. The van der Waals surface area contributed by atoms with Gasteiger partial charge in [-0.15, -0.1) is 0 Å². The molecule has 82 valence electrons. The van der Waals surface area contributed by atoms with Crippen LogP contribution < -0.4 is 4.74 Å². The second-order valence-corrected chi connectivity index (χ2v) is 4.13. The van der Waals surface area contributed by atoms with Gasteiger partial charge < -0.3 is 9.84 Å². The van der Waals surface area contributed by atoms with Crippen molar-refractivity contribution in [1.29, 1.82) is 0 Å². The molecule has 0 fully saturated rings. The lowest BCUT2D eigenvalue weighted by atomic mass is 10.1. The predicted molar refractivity (Wildman–Crippen MR) is 61.1 cm³/mol. The molecule has 1 unspecified atom stereocenters. The molecule has 1 aromatic carbocycles. The smallest absolute Gasteiger partial charge is 0.309 e. The molecule has 0 heterocycles. The summed E-state index contributed by atoms with van der Waals surface area (Å²) in [6.45, 7) is 2.05. The molecule has 0 aromatic heterocycles. The van der Waals surface area contributed by atoms with Gasteiger partial charge in [-0.2, -0.15) is 0 Å². The van der Waals surface area contributed by atoms with Gasteiger partial charge in [-0.3, -0.25) is 4.79 Å². The van der Waals surface area contributed by atoms with E-state index in [9.17, 15) is 4.79 Å². The van der Waals surface area contributed by atoms with Gasteiger partial charge in [0.25, 0.3) is 0 Å². The van der Waals surface area contributed by atoms with Gasteiger partial charge >= 0.3 is 5.97 Å². The minimum absolute atomic E-state index is 0.211. The maximum Gasteiger partial charge on any atom is 0.309 e. The Bertz CT molecular complexity index is 338. The summed E-state index contributed by atoms with van der Waals surface area (Å²) in [7, 11) is 0. The summed E-state index contributed by atoms with van der Waals surface area (Å²) in [5.74, 6) is -0.569. The molecule has 0 bridgehead atoms. The molecule has 1 aromatic rings. The fourth-order valence-electron chi connectivity index (χ4n) is 1.12. The summed E-state index contributed by atoms with van der Waals surface area (Å²) in [4.78, 5) is 10.7. The second-order valence-electron chi connectivity index (χ2n) is 3.21. The minimum Gasteiger partial charge on any atom is -0.493 e. The van der Waals surface area contributed by atoms with Gasteiger partial charge in [0.15, 0.2) is 0 Å². The number of benzene rings is 1. The van der Waals surface area contributed by atoms with E-state index in [1.807, 2.05) is 25.1 Å². The van der Waals surface area contributed by atoms with Crippen molar-refractivity contribution in [2.45, 2.75) is 13.3 Å². The van der Waals surface area contributed by atoms with Crippen molar-refractivity contribution in [3.05, 3.63) is 28.7 Å². The number of ether oxygens (including phenoxy) is 1. The molecule has 0 spiro atoms. The molecule has 1 rings (SSSR count). The Hall–Kier alpha value is -1.03. The Morgan fingerprint density at radius 2 is 2.33 bits per heavy atom. The zero-order chi connectivity index (χ0) is 11.3. The van der Waals surface area contributed by atoms with Gasteiger partial charge in [0.1, 0.15) is 12.4 Å². The normalized spacial score (nSPS) is 12.1. The summed E-state index contributed by atoms with van der Waals surface area (Å²) in [6, 6.07) is 7.36. The molecule has 3 nitrogen and oxygen atoms in total. The van der Waals surface area contributed by atoms with Crippen LogP contribution in [-0.2, 0) is 4.79 Å². The third-order valence-electron chi connectivity index (χ3n) is 2.09. The standard InChI is InChI=1S/C11H13BrO3/c1-2-8(11(13)14)7-15-10-5-3-4-9(12)6-10/h3-6,8H,2,7H2,1H3,(H,13,14). The number of carboxylic acid groups (broad SMARTS) is 1. The lowest BCUT2D eigenvalue weighted by Crippen LogP contribution is -2.20. The van der Waals surface area contributed by atoms with Gasteiger partial charge in [-0.25, -0.2) is 0 Å². The Morgan fingerprint density at radius 1 is 1.60 bits per heavy atom. The first kappa shape index (κ1) is 12.0. The number of carboxylic acids is 1. The van der Waals surface area contributed by atoms with Crippen LogP contribution in [0.15, 0.2) is 28.7 Å². The van der Waals surface area contributed by atoms with Crippen molar-refractivity contribution in [3.63, 3.8) is 0 Å². The number of halogens is 1. The minimum atomic E-state index is -0.813. The van der Waals surface area contributed by atoms with Crippen LogP contribution in [0, 0.1) is 5.92 Å². The van der Waals surface area contributed by atoms with Crippen LogP contribution in [0.2, 0.25) is 0 Å². The van der Waals surface area contributed by atoms with E-state index >= 15 is 0 Å². The van der Waals surface area contributed by atoms with Crippen molar-refractivity contribution >= 4 is 21.9 Å². The molecular formula is C11H13BrO3. The number of carbonyl (C=O) groups is 1. The highest BCUT2D eigenvalue weighted by Crippen LogP contribution is 2.18. The predicted octanol–water partition coefficient (Wildman–Crippen LogP) is 2.94. The van der Waals surface area contributed by atoms with Gasteiger partial charge in [0.2, 0.25) is 0 Å². The first-order chi connectivity index (χ1) is 7.13. The van der Waals surface area contributed by atoms with Crippen LogP contribution >= 0.6 is 15.9 Å². The van der Waals surface area contributed by atoms with E-state index < -0.39 is 11.9 Å². The molecule has 1 atom stereocenters. The van der Waals surface area contributed by atoms with Gasteiger partial charge in [-0.05, 0) is 24.6 Å². The molecule has 4 heteroatoms. The summed E-state index contributed by atoms with van der Waals surface area (Å²) in [6.07, 6.45) is 0.573. The average Bonchev–Trinajstić information content (AvgIpc) is 2.18. The Kier molecular flexibility index (Phi) is 4.62. The number of hydrogen-bond acceptors (Lipinski definition) is 2. The summed E-state index contributed by atoms with van der Waals surface area (Å²) < 4.78 is 6.31. The largest absolute Gasteiger partial charge is 0.493 e. The van der Waals surface area contributed by atoms with E-state index in [0.717, 1.165) is 4.47 Å². The van der Waals surface area contributed by atoms with Gasteiger partial charge in [-0.1, -0.05) is 28.9 Å². The van der Waals surface area contributed by atoms with Crippen molar-refractivity contribution in [1.82, 2.24) is 0 Å². The fraction of sp³-hybridized carbons (Fsp3) is 0.364. The van der Waals surface area contributed by atoms with E-state index in [0.29, 0.717) is 12.2 Å². The lowest BCUT2D eigenvalue weighted by molar-refractivity contribution is -0.142. The first-order valence-corrected chi connectivity index (χ1v) is 5.54. The number of rotatable bonds is 5. The van der Waals surface area contributed by atoms with Crippen LogP contribution in [0.3, 0.4) is 0 Å². The zero-order valence-corrected chi connectivity index (χ0v) is 10.0. The third-order valence-corrected chi connectivity index (χ3v) is 2.58. The summed E-state index contributed by atoms with van der Waals surface area (Å²) in [5.41, 5.74) is 0. The summed E-state index contributed by atoms with van der Waals surface area (Å²) in [5, 5.41) is 8.82. The molecular weight excluding hydrogens is 260 g/mol. The van der Waals surface area contributed by atoms with E-state index in [-0.39, 0.29) is 6.61 Å². The quantitative estimate of drug-likeness (QED) is 0.897. The highest BCUT2D eigenvalue weighted by Gasteiger charge is 2.15. The molecule has 0 radical (unpaired) electrons. The van der Waals surface area contributed by atoms with E-state index in [1.54, 1.807) is 6.07 Å². The highest BCUT2D eigenvalue weighted by atomic mass is 79.9.